The van der Waals surface area contributed by atoms with E-state index >= 15 is 0 Å². The monoisotopic (exact) mass is 220 g/mol. The summed E-state index contributed by atoms with van der Waals surface area (Å²) < 4.78 is 0. The molecular formula is C12H12S2. The van der Waals surface area contributed by atoms with Crippen LogP contribution in [0.4, 0.5) is 0 Å². The molecule has 0 N–H and O–H groups in total. The molecule has 0 atom stereocenters. The van der Waals surface area contributed by atoms with Crippen molar-refractivity contribution in [2.75, 3.05) is 6.26 Å². The van der Waals surface area contributed by atoms with Crippen molar-refractivity contribution >= 4 is 23.1 Å². The molecular weight excluding hydrogens is 208 g/mol. The van der Waals surface area contributed by atoms with Crippen molar-refractivity contribution in [3.8, 4) is 0 Å². The van der Waals surface area contributed by atoms with Gasteiger partial charge in [0.25, 0.3) is 0 Å². The van der Waals surface area contributed by atoms with Gasteiger partial charge in [-0.2, -0.15) is 0 Å². The van der Waals surface area contributed by atoms with Crippen LogP contribution in [0.15, 0.2) is 46.7 Å². The number of benzene rings is 1. The highest BCUT2D eigenvalue weighted by Crippen LogP contribution is 2.18. The third-order valence-corrected chi connectivity index (χ3v) is 3.74. The molecule has 0 nitrogen and oxygen atoms in total. The summed E-state index contributed by atoms with van der Waals surface area (Å²) in [5.41, 5.74) is 1.39. The maximum Gasteiger partial charge on any atom is 0.00890 e. The van der Waals surface area contributed by atoms with Gasteiger partial charge >= 0.3 is 0 Å². The van der Waals surface area contributed by atoms with Crippen LogP contribution in [-0.2, 0) is 6.42 Å². The lowest BCUT2D eigenvalue weighted by atomic mass is 10.1. The highest BCUT2D eigenvalue weighted by molar-refractivity contribution is 7.98. The highest BCUT2D eigenvalue weighted by atomic mass is 32.2. The van der Waals surface area contributed by atoms with E-state index in [2.05, 4.69) is 48.0 Å². The summed E-state index contributed by atoms with van der Waals surface area (Å²) in [5.74, 6) is 0. The normalized spacial score (nSPS) is 10.4. The van der Waals surface area contributed by atoms with E-state index in [4.69, 9.17) is 0 Å². The van der Waals surface area contributed by atoms with Crippen LogP contribution < -0.4 is 0 Å². The molecule has 1 aromatic carbocycles. The molecule has 0 unspecified atom stereocenters. The standard InChI is InChI=1S/C12H12S2/c1-13-11-6-4-10(5-7-11)9-12-3-2-8-14-12/h2-8H,9H2,1H3. The maximum absolute atomic E-state index is 2.21. The number of hydrogen-bond acceptors (Lipinski definition) is 2. The first-order valence-corrected chi connectivity index (χ1v) is 6.64. The Hall–Kier alpha value is -0.730. The molecule has 0 radical (unpaired) electrons. The first kappa shape index (κ1) is 9.81. The fourth-order valence-electron chi connectivity index (χ4n) is 1.36. The van der Waals surface area contributed by atoms with Gasteiger partial charge in [-0.15, -0.1) is 23.1 Å². The molecule has 1 aromatic heterocycles. The molecule has 2 rings (SSSR count). The van der Waals surface area contributed by atoms with E-state index in [0.717, 1.165) is 6.42 Å². The average Bonchev–Trinajstić information content (AvgIpc) is 2.72. The van der Waals surface area contributed by atoms with Crippen LogP contribution in [0.2, 0.25) is 0 Å². The Bertz CT molecular complexity index is 373. The van der Waals surface area contributed by atoms with Crippen molar-refractivity contribution in [3.05, 3.63) is 52.2 Å². The van der Waals surface area contributed by atoms with Crippen molar-refractivity contribution < 1.29 is 0 Å². The molecule has 0 amide bonds. The van der Waals surface area contributed by atoms with E-state index in [1.165, 1.54) is 15.3 Å². The minimum Gasteiger partial charge on any atom is -0.149 e. The Morgan fingerprint density at radius 1 is 1.14 bits per heavy atom. The summed E-state index contributed by atoms with van der Waals surface area (Å²) in [6.07, 6.45) is 3.17. The third kappa shape index (κ3) is 2.40. The lowest BCUT2D eigenvalue weighted by molar-refractivity contribution is 1.22. The van der Waals surface area contributed by atoms with Gasteiger partial charge in [-0.1, -0.05) is 18.2 Å². The zero-order valence-corrected chi connectivity index (χ0v) is 9.70. The Morgan fingerprint density at radius 3 is 2.50 bits per heavy atom. The zero-order valence-electron chi connectivity index (χ0n) is 8.07. The average molecular weight is 220 g/mol. The van der Waals surface area contributed by atoms with E-state index < -0.39 is 0 Å². The SMILES string of the molecule is CSc1ccc(Cc2cccs2)cc1. The van der Waals surface area contributed by atoms with Crippen molar-refractivity contribution in [3.63, 3.8) is 0 Å². The predicted octanol–water partition coefficient (Wildman–Crippen LogP) is 4.06. The highest BCUT2D eigenvalue weighted by Gasteiger charge is 1.96. The van der Waals surface area contributed by atoms with Crippen molar-refractivity contribution in [2.45, 2.75) is 11.3 Å². The van der Waals surface area contributed by atoms with E-state index in [1.807, 2.05) is 11.3 Å². The van der Waals surface area contributed by atoms with Gasteiger partial charge in [0, 0.05) is 16.2 Å². The lowest BCUT2D eigenvalue weighted by Crippen LogP contribution is -1.83. The van der Waals surface area contributed by atoms with Gasteiger partial charge in [0.2, 0.25) is 0 Å². The molecule has 0 fully saturated rings. The second-order valence-electron chi connectivity index (χ2n) is 3.10. The molecule has 0 bridgehead atoms. The van der Waals surface area contributed by atoms with Gasteiger partial charge in [-0.05, 0) is 35.4 Å². The summed E-state index contributed by atoms with van der Waals surface area (Å²) in [6.45, 7) is 0. The van der Waals surface area contributed by atoms with Gasteiger partial charge in [0.15, 0.2) is 0 Å². The minimum atomic E-state index is 1.06. The Balaban J connectivity index is 2.10. The van der Waals surface area contributed by atoms with Crippen molar-refractivity contribution in [1.82, 2.24) is 0 Å². The van der Waals surface area contributed by atoms with E-state index in [0.29, 0.717) is 0 Å². The Kier molecular flexibility index (Phi) is 3.27. The maximum atomic E-state index is 2.21. The molecule has 0 saturated heterocycles. The second-order valence-corrected chi connectivity index (χ2v) is 5.02. The first-order valence-electron chi connectivity index (χ1n) is 4.54. The van der Waals surface area contributed by atoms with Crippen molar-refractivity contribution in [1.29, 1.82) is 0 Å². The smallest absolute Gasteiger partial charge is 0.00890 e. The van der Waals surface area contributed by atoms with Gasteiger partial charge in [-0.25, -0.2) is 0 Å². The Labute approximate surface area is 93.0 Å². The molecule has 2 aromatic rings. The molecule has 1 heterocycles. The molecule has 72 valence electrons. The van der Waals surface area contributed by atoms with Crippen LogP contribution in [0.5, 0.6) is 0 Å². The quantitative estimate of drug-likeness (QED) is 0.703. The van der Waals surface area contributed by atoms with Crippen LogP contribution in [-0.4, -0.2) is 6.26 Å². The summed E-state index contributed by atoms with van der Waals surface area (Å²) >= 11 is 3.61. The molecule has 0 spiro atoms. The lowest BCUT2D eigenvalue weighted by Gasteiger charge is -2.00. The van der Waals surface area contributed by atoms with Crippen molar-refractivity contribution in [2.24, 2.45) is 0 Å². The van der Waals surface area contributed by atoms with Crippen LogP contribution in [0.3, 0.4) is 0 Å². The molecule has 14 heavy (non-hydrogen) atoms. The first-order chi connectivity index (χ1) is 6.88. The van der Waals surface area contributed by atoms with Crippen LogP contribution in [0, 0.1) is 0 Å². The van der Waals surface area contributed by atoms with E-state index in [9.17, 15) is 0 Å². The topological polar surface area (TPSA) is 0 Å². The van der Waals surface area contributed by atoms with Crippen LogP contribution in [0.25, 0.3) is 0 Å². The molecule has 0 aliphatic rings. The summed E-state index contributed by atoms with van der Waals surface area (Å²) in [4.78, 5) is 2.77. The van der Waals surface area contributed by atoms with Crippen LogP contribution >= 0.6 is 23.1 Å². The van der Waals surface area contributed by atoms with Crippen LogP contribution in [0.1, 0.15) is 10.4 Å². The largest absolute Gasteiger partial charge is 0.149 e. The summed E-state index contributed by atoms with van der Waals surface area (Å²) in [7, 11) is 0. The number of thiophene rings is 1. The summed E-state index contributed by atoms with van der Waals surface area (Å²) in [6, 6.07) is 13.1. The fraction of sp³-hybridized carbons (Fsp3) is 0.167. The summed E-state index contributed by atoms with van der Waals surface area (Å²) in [5, 5.41) is 2.13. The van der Waals surface area contributed by atoms with E-state index in [-0.39, 0.29) is 0 Å². The molecule has 0 saturated carbocycles. The predicted molar refractivity (Wildman–Crippen MR) is 65.3 cm³/mol. The number of thioether (sulfide) groups is 1. The minimum absolute atomic E-state index is 1.06. The number of rotatable bonds is 3. The molecule has 0 aliphatic carbocycles. The third-order valence-electron chi connectivity index (χ3n) is 2.12. The molecule has 2 heteroatoms. The van der Waals surface area contributed by atoms with Gasteiger partial charge in [-0.3, -0.25) is 0 Å². The zero-order chi connectivity index (χ0) is 9.80. The second kappa shape index (κ2) is 4.67. The Morgan fingerprint density at radius 2 is 1.93 bits per heavy atom. The molecule has 0 aliphatic heterocycles. The van der Waals surface area contributed by atoms with Gasteiger partial charge in [0.1, 0.15) is 0 Å². The van der Waals surface area contributed by atoms with E-state index in [1.54, 1.807) is 11.8 Å². The fourth-order valence-corrected chi connectivity index (χ4v) is 2.51. The van der Waals surface area contributed by atoms with Gasteiger partial charge < -0.3 is 0 Å². The van der Waals surface area contributed by atoms with Gasteiger partial charge in [0.05, 0.1) is 0 Å². The number of hydrogen-bond donors (Lipinski definition) is 0.